The second-order valence-electron chi connectivity index (χ2n) is 8.79. The first-order valence-electron chi connectivity index (χ1n) is 10.3. The lowest BCUT2D eigenvalue weighted by molar-refractivity contribution is -0.142. The molecule has 2 heterocycles. The molecule has 168 valence electrons. The molecule has 5 N–H and O–H groups in total. The summed E-state index contributed by atoms with van der Waals surface area (Å²) in [6.07, 6.45) is 5.61. The number of carbonyl (C=O) groups is 2. The molecule has 1 atom stereocenters. The Kier molecular flexibility index (Phi) is 5.42. The van der Waals surface area contributed by atoms with E-state index < -0.39 is 22.0 Å². The van der Waals surface area contributed by atoms with E-state index in [1.54, 1.807) is 23.2 Å². The highest BCUT2D eigenvalue weighted by Crippen LogP contribution is 2.58. The van der Waals surface area contributed by atoms with E-state index in [1.165, 1.54) is 0 Å². The number of hydrogen-bond acceptors (Lipinski definition) is 7. The molecule has 11 heteroatoms. The van der Waals surface area contributed by atoms with Gasteiger partial charge in [0.15, 0.2) is 0 Å². The van der Waals surface area contributed by atoms with Gasteiger partial charge in [0, 0.05) is 12.2 Å². The number of rotatable bonds is 8. The predicted octanol–water partition coefficient (Wildman–Crippen LogP) is 0.211. The Balaban J connectivity index is 1.27. The molecule has 1 aromatic rings. The van der Waals surface area contributed by atoms with Crippen molar-refractivity contribution in [3.8, 4) is 5.88 Å². The maximum absolute atomic E-state index is 12.8. The summed E-state index contributed by atoms with van der Waals surface area (Å²) in [5.74, 6) is 0.0496. The standard InChI is InChI=1S/C20H27N5O5S/c1-12-24-16(5-3-7-31(22,28)29)19(27)25(12)13-8-20(9-13)10-14(11-20)30-18-15(17(21)26)4-2-6-23-18/h2,4,6,13-14,16,24H,1,3,5,7-11H2,(H2,21,26)(H2,22,28,29). The van der Waals surface area contributed by atoms with Crippen molar-refractivity contribution in [3.05, 3.63) is 36.3 Å². The molecule has 1 aliphatic heterocycles. The minimum Gasteiger partial charge on any atom is -0.474 e. The zero-order valence-corrected chi connectivity index (χ0v) is 17.9. The molecule has 2 saturated carbocycles. The first kappa shape index (κ1) is 21.6. The number of nitrogens with two attached hydrogens (primary N) is 2. The van der Waals surface area contributed by atoms with E-state index >= 15 is 0 Å². The highest BCUT2D eigenvalue weighted by molar-refractivity contribution is 7.89. The van der Waals surface area contributed by atoms with Crippen LogP contribution in [0.25, 0.3) is 0 Å². The average Bonchev–Trinajstić information content (AvgIpc) is 2.89. The molecule has 1 spiro atoms. The third-order valence-electron chi connectivity index (χ3n) is 6.43. The SMILES string of the molecule is C=C1NC(CCCS(N)(=O)=O)C(=O)N1C1CC2(CC(Oc3ncccc3C(N)=O)C2)C1. The molecule has 2 aliphatic carbocycles. The number of nitrogens with zero attached hydrogens (tertiary/aromatic N) is 2. The van der Waals surface area contributed by atoms with Crippen LogP contribution in [0.2, 0.25) is 0 Å². The van der Waals surface area contributed by atoms with Crippen LogP contribution in [0.1, 0.15) is 48.9 Å². The molecule has 1 unspecified atom stereocenters. The van der Waals surface area contributed by atoms with E-state index in [0.717, 1.165) is 25.7 Å². The second kappa shape index (κ2) is 7.79. The summed E-state index contributed by atoms with van der Waals surface area (Å²) in [7, 11) is -3.53. The largest absolute Gasteiger partial charge is 0.474 e. The first-order chi connectivity index (χ1) is 14.6. The van der Waals surface area contributed by atoms with E-state index in [-0.39, 0.29) is 40.7 Å². The highest BCUT2D eigenvalue weighted by Gasteiger charge is 2.57. The Morgan fingerprint density at radius 2 is 2.06 bits per heavy atom. The third-order valence-corrected chi connectivity index (χ3v) is 7.29. The van der Waals surface area contributed by atoms with Gasteiger partial charge in [-0.3, -0.25) is 14.5 Å². The fourth-order valence-electron chi connectivity index (χ4n) is 4.99. The molecular weight excluding hydrogens is 422 g/mol. The van der Waals surface area contributed by atoms with Crippen molar-refractivity contribution in [2.75, 3.05) is 5.75 Å². The van der Waals surface area contributed by atoms with Crippen LogP contribution in [0.3, 0.4) is 0 Å². The van der Waals surface area contributed by atoms with Crippen molar-refractivity contribution in [2.45, 2.75) is 56.7 Å². The number of carbonyl (C=O) groups excluding carboxylic acids is 2. The van der Waals surface area contributed by atoms with Gasteiger partial charge >= 0.3 is 0 Å². The van der Waals surface area contributed by atoms with Crippen molar-refractivity contribution in [3.63, 3.8) is 0 Å². The van der Waals surface area contributed by atoms with Crippen molar-refractivity contribution in [2.24, 2.45) is 16.3 Å². The van der Waals surface area contributed by atoms with Crippen LogP contribution in [0, 0.1) is 5.41 Å². The Hall–Kier alpha value is -2.66. The van der Waals surface area contributed by atoms with Crippen molar-refractivity contribution in [1.29, 1.82) is 0 Å². The fourth-order valence-corrected chi connectivity index (χ4v) is 5.56. The molecule has 0 aromatic carbocycles. The van der Waals surface area contributed by atoms with Gasteiger partial charge in [-0.05, 0) is 56.1 Å². The number of amides is 2. The van der Waals surface area contributed by atoms with Crippen LogP contribution in [0.4, 0.5) is 0 Å². The summed E-state index contributed by atoms with van der Waals surface area (Å²) in [6, 6.07) is 2.85. The van der Waals surface area contributed by atoms with Crippen molar-refractivity contribution >= 4 is 21.8 Å². The third kappa shape index (κ3) is 4.38. The Morgan fingerprint density at radius 3 is 2.71 bits per heavy atom. The van der Waals surface area contributed by atoms with Gasteiger partial charge in [-0.25, -0.2) is 18.5 Å². The number of nitrogens with one attached hydrogen (secondary N) is 1. The Bertz CT molecular complexity index is 1010. The lowest BCUT2D eigenvalue weighted by Crippen LogP contribution is -2.59. The molecular formula is C20H27N5O5S. The van der Waals surface area contributed by atoms with Crippen LogP contribution < -0.4 is 20.9 Å². The summed E-state index contributed by atoms with van der Waals surface area (Å²) in [5, 5.41) is 8.10. The van der Waals surface area contributed by atoms with Crippen LogP contribution >= 0.6 is 0 Å². The van der Waals surface area contributed by atoms with Crippen LogP contribution in [0.5, 0.6) is 5.88 Å². The first-order valence-corrected chi connectivity index (χ1v) is 12.0. The Labute approximate surface area is 181 Å². The number of ether oxygens (including phenoxy) is 1. The van der Waals surface area contributed by atoms with E-state index in [1.807, 2.05) is 0 Å². The topological polar surface area (TPSA) is 158 Å². The molecule has 3 aliphatic rings. The van der Waals surface area contributed by atoms with Gasteiger partial charge in [0.05, 0.1) is 5.75 Å². The molecule has 1 aromatic heterocycles. The molecule has 4 rings (SSSR count). The second-order valence-corrected chi connectivity index (χ2v) is 10.5. The zero-order chi connectivity index (χ0) is 22.4. The maximum Gasteiger partial charge on any atom is 0.254 e. The van der Waals surface area contributed by atoms with E-state index in [9.17, 15) is 18.0 Å². The van der Waals surface area contributed by atoms with Gasteiger partial charge in [-0.1, -0.05) is 6.58 Å². The number of aromatic nitrogens is 1. The minimum atomic E-state index is -3.53. The summed E-state index contributed by atoms with van der Waals surface area (Å²) < 4.78 is 28.1. The number of pyridine rings is 1. The number of primary amides is 1. The zero-order valence-electron chi connectivity index (χ0n) is 17.1. The summed E-state index contributed by atoms with van der Waals surface area (Å²) in [5.41, 5.74) is 5.77. The number of sulfonamides is 1. The quantitative estimate of drug-likeness (QED) is 0.512. The van der Waals surface area contributed by atoms with Crippen molar-refractivity contribution < 1.29 is 22.7 Å². The summed E-state index contributed by atoms with van der Waals surface area (Å²) in [6.45, 7) is 3.96. The molecule has 0 radical (unpaired) electrons. The highest BCUT2D eigenvalue weighted by atomic mass is 32.2. The van der Waals surface area contributed by atoms with Crippen molar-refractivity contribution in [1.82, 2.24) is 15.2 Å². The number of hydrogen-bond donors (Lipinski definition) is 3. The van der Waals surface area contributed by atoms with Crippen LogP contribution in [-0.2, 0) is 14.8 Å². The van der Waals surface area contributed by atoms with Gasteiger partial charge in [0.2, 0.25) is 15.9 Å². The Morgan fingerprint density at radius 1 is 1.35 bits per heavy atom. The van der Waals surface area contributed by atoms with Gasteiger partial charge < -0.3 is 15.8 Å². The normalized spacial score (nSPS) is 30.0. The molecule has 10 nitrogen and oxygen atoms in total. The van der Waals surface area contributed by atoms with Crippen LogP contribution in [-0.4, -0.2) is 54.1 Å². The van der Waals surface area contributed by atoms with Gasteiger partial charge in [0.25, 0.3) is 11.8 Å². The van der Waals surface area contributed by atoms with Gasteiger partial charge in [-0.15, -0.1) is 0 Å². The molecule has 31 heavy (non-hydrogen) atoms. The molecule has 0 bridgehead atoms. The molecule has 3 fully saturated rings. The molecule has 2 amide bonds. The minimum absolute atomic E-state index is 0.0319. The number of primary sulfonamides is 1. The average molecular weight is 450 g/mol. The monoisotopic (exact) mass is 449 g/mol. The summed E-state index contributed by atoms with van der Waals surface area (Å²) in [4.78, 5) is 30.1. The van der Waals surface area contributed by atoms with Crippen LogP contribution in [0.15, 0.2) is 30.7 Å². The van der Waals surface area contributed by atoms with E-state index in [0.29, 0.717) is 18.7 Å². The van der Waals surface area contributed by atoms with E-state index in [4.69, 9.17) is 15.6 Å². The lowest BCUT2D eigenvalue weighted by atomic mass is 9.52. The maximum atomic E-state index is 12.8. The van der Waals surface area contributed by atoms with E-state index in [2.05, 4.69) is 16.9 Å². The smallest absolute Gasteiger partial charge is 0.254 e. The summed E-state index contributed by atoms with van der Waals surface area (Å²) >= 11 is 0. The predicted molar refractivity (Wildman–Crippen MR) is 112 cm³/mol. The fraction of sp³-hybridized carbons (Fsp3) is 0.550. The molecule has 1 saturated heterocycles. The van der Waals surface area contributed by atoms with Gasteiger partial charge in [0.1, 0.15) is 23.5 Å². The van der Waals surface area contributed by atoms with Gasteiger partial charge in [-0.2, -0.15) is 0 Å². The lowest BCUT2D eigenvalue weighted by Gasteiger charge is -2.58.